The molecule has 0 saturated carbocycles. The van der Waals surface area contributed by atoms with Gasteiger partial charge in [-0.2, -0.15) is 18.4 Å². The van der Waals surface area contributed by atoms with E-state index < -0.39 is 26.6 Å². The number of nitrogens with zero attached hydrogens (tertiary/aromatic N) is 3. The monoisotopic (exact) mass is 295 g/mol. The van der Waals surface area contributed by atoms with Crippen LogP contribution in [0.5, 0.6) is 0 Å². The predicted octanol–water partition coefficient (Wildman–Crippen LogP) is 2.82. The third-order valence-corrected chi connectivity index (χ3v) is 4.58. The predicted molar refractivity (Wildman–Crippen MR) is 59.8 cm³/mol. The summed E-state index contributed by atoms with van der Waals surface area (Å²) in [6.07, 6.45) is -1.87. The summed E-state index contributed by atoms with van der Waals surface area (Å²) in [5.41, 5.74) is -1.53. The van der Waals surface area contributed by atoms with Crippen LogP contribution in [0.1, 0.15) is 18.2 Å². The molecule has 2 atom stereocenters. The Balaban J connectivity index is 3.30. The smallest absolute Gasteiger partial charge is 0.251 e. The minimum Gasteiger partial charge on any atom is -0.251 e. The zero-order valence-corrected chi connectivity index (χ0v) is 10.7. The van der Waals surface area contributed by atoms with E-state index in [4.69, 9.17) is 5.26 Å². The lowest BCUT2D eigenvalue weighted by atomic mass is 10.2. The molecule has 0 aliphatic carbocycles. The zero-order valence-electron chi connectivity index (χ0n) is 9.90. The van der Waals surface area contributed by atoms with Crippen molar-refractivity contribution in [2.45, 2.75) is 18.1 Å². The van der Waals surface area contributed by atoms with Crippen molar-refractivity contribution in [3.05, 3.63) is 29.6 Å². The Labute approximate surface area is 107 Å². The van der Waals surface area contributed by atoms with Gasteiger partial charge in [0.15, 0.2) is 0 Å². The number of halogens is 4. The molecule has 1 aromatic rings. The summed E-state index contributed by atoms with van der Waals surface area (Å²) >= 11 is 0. The first-order chi connectivity index (χ1) is 8.52. The number of nitriles is 1. The van der Waals surface area contributed by atoms with E-state index in [1.807, 2.05) is 0 Å². The molecule has 0 amide bonds. The second-order valence-corrected chi connectivity index (χ2v) is 6.39. The molecule has 0 aliphatic heterocycles. The summed E-state index contributed by atoms with van der Waals surface area (Å²) in [6, 6.07) is 1.40. The van der Waals surface area contributed by atoms with Crippen LogP contribution in [0.3, 0.4) is 0 Å². The maximum absolute atomic E-state index is 14.4. The SMILES string of the molecule is C[C@@](F)(c1ccc(C(F)(F)F)nc1)S(C)(=O)=NC#N. The highest BCUT2D eigenvalue weighted by Gasteiger charge is 2.38. The van der Waals surface area contributed by atoms with Gasteiger partial charge in [0.1, 0.15) is 5.69 Å². The first kappa shape index (κ1) is 15.4. The van der Waals surface area contributed by atoms with Crippen LogP contribution in [0.25, 0.3) is 0 Å². The maximum Gasteiger partial charge on any atom is 0.433 e. The fraction of sp³-hybridized carbons (Fsp3) is 0.400. The summed E-state index contributed by atoms with van der Waals surface area (Å²) in [7, 11) is -3.59. The topological polar surface area (TPSA) is 66.1 Å². The van der Waals surface area contributed by atoms with Crippen LogP contribution in [-0.2, 0) is 20.9 Å². The lowest BCUT2D eigenvalue weighted by Crippen LogP contribution is -2.26. The van der Waals surface area contributed by atoms with E-state index in [9.17, 15) is 21.8 Å². The third kappa shape index (κ3) is 3.01. The molecule has 0 aliphatic rings. The molecule has 1 rings (SSSR count). The van der Waals surface area contributed by atoms with Crippen molar-refractivity contribution in [1.82, 2.24) is 4.98 Å². The molecule has 0 radical (unpaired) electrons. The largest absolute Gasteiger partial charge is 0.433 e. The fourth-order valence-corrected chi connectivity index (χ4v) is 2.09. The zero-order chi connectivity index (χ0) is 14.9. The summed E-state index contributed by atoms with van der Waals surface area (Å²) < 4.78 is 66.1. The van der Waals surface area contributed by atoms with Crippen LogP contribution in [-0.4, -0.2) is 15.4 Å². The minimum absolute atomic E-state index is 0.341. The average molecular weight is 295 g/mol. The Hall–Kier alpha value is -1.69. The van der Waals surface area contributed by atoms with Gasteiger partial charge in [-0.1, -0.05) is 6.07 Å². The molecule has 1 aromatic heterocycles. The summed E-state index contributed by atoms with van der Waals surface area (Å²) in [5.74, 6) is 0. The second kappa shape index (κ2) is 4.77. The van der Waals surface area contributed by atoms with Gasteiger partial charge < -0.3 is 0 Å². The van der Waals surface area contributed by atoms with E-state index in [0.29, 0.717) is 12.3 Å². The number of hydrogen-bond donors (Lipinski definition) is 0. The third-order valence-electron chi connectivity index (χ3n) is 2.50. The second-order valence-electron chi connectivity index (χ2n) is 3.84. The molecule has 1 unspecified atom stereocenters. The number of pyridine rings is 1. The van der Waals surface area contributed by atoms with E-state index in [-0.39, 0.29) is 5.56 Å². The van der Waals surface area contributed by atoms with Crippen LogP contribution >= 0.6 is 0 Å². The minimum atomic E-state index is -4.64. The fourth-order valence-electron chi connectivity index (χ4n) is 1.21. The normalized spacial score (nSPS) is 17.9. The lowest BCUT2D eigenvalue weighted by Gasteiger charge is -2.21. The van der Waals surface area contributed by atoms with Crippen molar-refractivity contribution in [3.8, 4) is 6.19 Å². The highest BCUT2D eigenvalue weighted by molar-refractivity contribution is 7.93. The molecule has 4 nitrogen and oxygen atoms in total. The van der Waals surface area contributed by atoms with Gasteiger partial charge in [-0.25, -0.2) is 8.60 Å². The van der Waals surface area contributed by atoms with Crippen LogP contribution < -0.4 is 0 Å². The van der Waals surface area contributed by atoms with Crippen molar-refractivity contribution in [2.24, 2.45) is 4.36 Å². The van der Waals surface area contributed by atoms with Crippen LogP contribution in [0.4, 0.5) is 17.6 Å². The van der Waals surface area contributed by atoms with E-state index in [1.54, 1.807) is 0 Å². The quantitative estimate of drug-likeness (QED) is 0.622. The van der Waals surface area contributed by atoms with E-state index in [0.717, 1.165) is 19.2 Å². The Kier molecular flexibility index (Phi) is 3.86. The molecule has 0 bridgehead atoms. The van der Waals surface area contributed by atoms with Crippen molar-refractivity contribution in [1.29, 1.82) is 5.26 Å². The lowest BCUT2D eigenvalue weighted by molar-refractivity contribution is -0.141. The first-order valence-corrected chi connectivity index (χ1v) is 6.77. The summed E-state index contributed by atoms with van der Waals surface area (Å²) in [5, 5.41) is 5.75. The van der Waals surface area contributed by atoms with E-state index in [2.05, 4.69) is 9.35 Å². The summed E-state index contributed by atoms with van der Waals surface area (Å²) in [6.45, 7) is 0.875. The molecule has 0 fully saturated rings. The molecule has 0 spiro atoms. The van der Waals surface area contributed by atoms with Crippen LogP contribution in [0.15, 0.2) is 22.7 Å². The Morgan fingerprint density at radius 1 is 1.37 bits per heavy atom. The Morgan fingerprint density at radius 3 is 2.32 bits per heavy atom. The van der Waals surface area contributed by atoms with Gasteiger partial charge >= 0.3 is 6.18 Å². The Morgan fingerprint density at radius 2 is 1.95 bits per heavy atom. The molecule has 19 heavy (non-hydrogen) atoms. The van der Waals surface area contributed by atoms with Crippen molar-refractivity contribution in [3.63, 3.8) is 0 Å². The molecule has 104 valence electrons. The van der Waals surface area contributed by atoms with Crippen molar-refractivity contribution in [2.75, 3.05) is 6.26 Å². The molecular weight excluding hydrogens is 286 g/mol. The molecule has 0 aromatic carbocycles. The van der Waals surface area contributed by atoms with E-state index in [1.165, 1.54) is 6.19 Å². The molecular formula is C10H9F4N3OS. The number of alkyl halides is 4. The van der Waals surface area contributed by atoms with Crippen molar-refractivity contribution >= 4 is 9.73 Å². The molecule has 0 N–H and O–H groups in total. The summed E-state index contributed by atoms with van der Waals surface area (Å²) in [4.78, 5) is 3.07. The van der Waals surface area contributed by atoms with Gasteiger partial charge in [0, 0.05) is 18.0 Å². The van der Waals surface area contributed by atoms with E-state index >= 15 is 0 Å². The van der Waals surface area contributed by atoms with Gasteiger partial charge in [0.2, 0.25) is 11.2 Å². The Bertz CT molecular complexity index is 622. The number of rotatable bonds is 2. The van der Waals surface area contributed by atoms with Crippen molar-refractivity contribution < 1.29 is 21.8 Å². The molecule has 1 heterocycles. The van der Waals surface area contributed by atoms with Gasteiger partial charge in [-0.3, -0.25) is 4.98 Å². The van der Waals surface area contributed by atoms with Crippen LogP contribution in [0.2, 0.25) is 0 Å². The van der Waals surface area contributed by atoms with Gasteiger partial charge in [-0.15, -0.1) is 4.36 Å². The van der Waals surface area contributed by atoms with Gasteiger partial charge in [-0.05, 0) is 13.0 Å². The van der Waals surface area contributed by atoms with Crippen LogP contribution in [0, 0.1) is 11.5 Å². The standard InChI is InChI=1S/C10H9F4N3OS/c1-9(11,19(2,18)17-6-15)7-3-4-8(16-5-7)10(12,13)14/h3-5H,1-2H3/t9-,19?/m0/s1. The average Bonchev–Trinajstić information content (AvgIpc) is 2.27. The van der Waals surface area contributed by atoms with Gasteiger partial charge in [0.05, 0.1) is 9.73 Å². The number of hydrogen-bond acceptors (Lipinski definition) is 4. The highest BCUT2D eigenvalue weighted by Crippen LogP contribution is 2.34. The first-order valence-electron chi connectivity index (χ1n) is 4.85. The highest BCUT2D eigenvalue weighted by atomic mass is 32.2. The molecule has 0 saturated heterocycles. The molecule has 9 heteroatoms. The number of aromatic nitrogens is 1. The maximum atomic E-state index is 14.4. The van der Waals surface area contributed by atoms with Gasteiger partial charge in [0.25, 0.3) is 0 Å².